The molecule has 168 valence electrons. The van der Waals surface area contributed by atoms with Crippen molar-refractivity contribution in [1.82, 2.24) is 10.2 Å². The molecule has 1 aliphatic heterocycles. The molecule has 7 nitrogen and oxygen atoms in total. The molecular formula is C23H31N3O4S. The number of methoxy groups -OCH3 is 1. The minimum absolute atomic E-state index is 0.0740. The second-order valence-corrected chi connectivity index (χ2v) is 9.94. The maximum Gasteiger partial charge on any atom is 0.265 e. The summed E-state index contributed by atoms with van der Waals surface area (Å²) < 4.78 is 33.8. The van der Waals surface area contributed by atoms with E-state index in [4.69, 9.17) is 4.74 Å². The number of nitrogens with one attached hydrogen (secondary N) is 2. The van der Waals surface area contributed by atoms with Crippen LogP contribution in [0.5, 0.6) is 5.75 Å². The number of aryl methyl sites for hydroxylation is 1. The number of carbonyl (C=O) groups excluding carboxylic acids is 1. The highest BCUT2D eigenvalue weighted by molar-refractivity contribution is 7.92. The van der Waals surface area contributed by atoms with Crippen LogP contribution in [0.2, 0.25) is 0 Å². The summed E-state index contributed by atoms with van der Waals surface area (Å²) in [6, 6.07) is 12.0. The number of anilines is 1. The molecule has 3 rings (SSSR count). The van der Waals surface area contributed by atoms with Crippen LogP contribution in [0.1, 0.15) is 36.2 Å². The number of sulfonamides is 1. The number of rotatable bonds is 8. The monoisotopic (exact) mass is 445 g/mol. The van der Waals surface area contributed by atoms with Crippen molar-refractivity contribution in [3.05, 3.63) is 53.6 Å². The smallest absolute Gasteiger partial charge is 0.265 e. The fourth-order valence-corrected chi connectivity index (χ4v) is 4.95. The van der Waals surface area contributed by atoms with Crippen LogP contribution in [0.15, 0.2) is 47.4 Å². The molecule has 2 aromatic rings. The second-order valence-electron chi connectivity index (χ2n) is 8.29. The average Bonchev–Trinajstić information content (AvgIpc) is 3.22. The Morgan fingerprint density at radius 1 is 1.19 bits per heavy atom. The van der Waals surface area contributed by atoms with Gasteiger partial charge in [-0.2, -0.15) is 0 Å². The predicted molar refractivity (Wildman–Crippen MR) is 122 cm³/mol. The summed E-state index contributed by atoms with van der Waals surface area (Å²) >= 11 is 0. The van der Waals surface area contributed by atoms with Crippen LogP contribution in [-0.2, 0) is 10.0 Å². The number of carbonyl (C=O) groups is 1. The lowest BCUT2D eigenvalue weighted by Crippen LogP contribution is -2.33. The predicted octanol–water partition coefficient (Wildman–Crippen LogP) is 3.26. The molecule has 1 fully saturated rings. The van der Waals surface area contributed by atoms with Gasteiger partial charge in [0.25, 0.3) is 15.9 Å². The Morgan fingerprint density at radius 2 is 1.90 bits per heavy atom. The van der Waals surface area contributed by atoms with Crippen molar-refractivity contribution in [2.45, 2.75) is 38.1 Å². The third-order valence-corrected chi connectivity index (χ3v) is 7.02. The Hall–Kier alpha value is -2.58. The summed E-state index contributed by atoms with van der Waals surface area (Å²) in [5.41, 5.74) is 1.75. The van der Waals surface area contributed by atoms with E-state index in [1.54, 1.807) is 18.2 Å². The fourth-order valence-electron chi connectivity index (χ4n) is 3.70. The quantitative estimate of drug-likeness (QED) is 0.651. The van der Waals surface area contributed by atoms with E-state index in [2.05, 4.69) is 28.8 Å². The maximum absolute atomic E-state index is 13.0. The fraction of sp³-hybridized carbons (Fsp3) is 0.435. The molecule has 31 heavy (non-hydrogen) atoms. The summed E-state index contributed by atoms with van der Waals surface area (Å²) in [7, 11) is -2.53. The molecule has 2 N–H and O–H groups in total. The van der Waals surface area contributed by atoms with E-state index < -0.39 is 10.0 Å². The molecule has 1 heterocycles. The normalized spacial score (nSPS) is 17.0. The largest absolute Gasteiger partial charge is 0.495 e. The molecule has 1 saturated heterocycles. The first-order chi connectivity index (χ1) is 14.7. The van der Waals surface area contributed by atoms with Gasteiger partial charge in [0.15, 0.2) is 0 Å². The molecule has 8 heteroatoms. The van der Waals surface area contributed by atoms with E-state index in [-0.39, 0.29) is 22.1 Å². The van der Waals surface area contributed by atoms with E-state index in [0.717, 1.165) is 25.1 Å². The standard InChI is InChI=1S/C23H31N3O4S/c1-16(2)26-12-11-18(15-26)14-24-23(27)19-7-10-21(30-4)22(13-19)31(28,29)25-20-8-5-17(3)6-9-20/h5-10,13,16,18,25H,11-12,14-15H2,1-4H3,(H,24,27). The van der Waals surface area contributed by atoms with Crippen molar-refractivity contribution in [1.29, 1.82) is 0 Å². The molecule has 0 aliphatic carbocycles. The minimum Gasteiger partial charge on any atom is -0.495 e. The van der Waals surface area contributed by atoms with Crippen LogP contribution < -0.4 is 14.8 Å². The van der Waals surface area contributed by atoms with Crippen LogP contribution in [-0.4, -0.2) is 52.0 Å². The van der Waals surface area contributed by atoms with Crippen molar-refractivity contribution in [2.75, 3.05) is 31.5 Å². The molecule has 1 amide bonds. The zero-order chi connectivity index (χ0) is 22.6. The van der Waals surface area contributed by atoms with Crippen LogP contribution in [0.25, 0.3) is 0 Å². The Kier molecular flexibility index (Phi) is 7.23. The number of hydrogen-bond acceptors (Lipinski definition) is 5. The third-order valence-electron chi connectivity index (χ3n) is 5.62. The lowest BCUT2D eigenvalue weighted by Gasteiger charge is -2.20. The summed E-state index contributed by atoms with van der Waals surface area (Å²) in [5, 5.41) is 2.95. The topological polar surface area (TPSA) is 87.7 Å². The maximum atomic E-state index is 13.0. The van der Waals surface area contributed by atoms with Crippen LogP contribution >= 0.6 is 0 Å². The van der Waals surface area contributed by atoms with Gasteiger partial charge < -0.3 is 15.0 Å². The lowest BCUT2D eigenvalue weighted by atomic mass is 10.1. The first-order valence-corrected chi connectivity index (χ1v) is 12.0. The summed E-state index contributed by atoms with van der Waals surface area (Å²) in [6.07, 6.45) is 1.04. The van der Waals surface area contributed by atoms with Gasteiger partial charge in [-0.15, -0.1) is 0 Å². The average molecular weight is 446 g/mol. The molecule has 0 bridgehead atoms. The molecule has 1 atom stereocenters. The molecule has 0 radical (unpaired) electrons. The number of benzene rings is 2. The van der Waals surface area contributed by atoms with Gasteiger partial charge >= 0.3 is 0 Å². The minimum atomic E-state index is -3.93. The summed E-state index contributed by atoms with van der Waals surface area (Å²) in [6.45, 7) is 8.83. The number of amides is 1. The van der Waals surface area contributed by atoms with E-state index in [0.29, 0.717) is 24.2 Å². The number of likely N-dealkylation sites (tertiary alicyclic amines) is 1. The SMILES string of the molecule is COc1ccc(C(=O)NCC2CCN(C(C)C)C2)cc1S(=O)(=O)Nc1ccc(C)cc1. The Bertz CT molecular complexity index is 1020. The van der Waals surface area contributed by atoms with Gasteiger partial charge in [-0.3, -0.25) is 9.52 Å². The first-order valence-electron chi connectivity index (χ1n) is 10.5. The van der Waals surface area contributed by atoms with E-state index in [1.807, 2.05) is 19.1 Å². The van der Waals surface area contributed by atoms with Crippen molar-refractivity contribution in [3.8, 4) is 5.75 Å². The number of nitrogens with zero attached hydrogens (tertiary/aromatic N) is 1. The van der Waals surface area contributed by atoms with Gasteiger partial charge in [-0.1, -0.05) is 17.7 Å². The van der Waals surface area contributed by atoms with Gasteiger partial charge in [0, 0.05) is 30.4 Å². The third kappa shape index (κ3) is 5.77. The van der Waals surface area contributed by atoms with Gasteiger partial charge in [0.2, 0.25) is 0 Å². The Morgan fingerprint density at radius 3 is 2.52 bits per heavy atom. The molecule has 2 aromatic carbocycles. The highest BCUT2D eigenvalue weighted by Gasteiger charge is 2.25. The number of hydrogen-bond donors (Lipinski definition) is 2. The zero-order valence-electron chi connectivity index (χ0n) is 18.5. The van der Waals surface area contributed by atoms with Gasteiger partial charge in [-0.25, -0.2) is 8.42 Å². The molecule has 1 aliphatic rings. The van der Waals surface area contributed by atoms with Crippen LogP contribution in [0, 0.1) is 12.8 Å². The van der Waals surface area contributed by atoms with Gasteiger partial charge in [0.1, 0.15) is 10.6 Å². The highest BCUT2D eigenvalue weighted by Crippen LogP contribution is 2.27. The zero-order valence-corrected chi connectivity index (χ0v) is 19.3. The lowest BCUT2D eigenvalue weighted by molar-refractivity contribution is 0.0947. The Labute approximate surface area is 184 Å². The van der Waals surface area contributed by atoms with Crippen molar-refractivity contribution in [3.63, 3.8) is 0 Å². The van der Waals surface area contributed by atoms with E-state index in [9.17, 15) is 13.2 Å². The Balaban J connectivity index is 1.73. The van der Waals surface area contributed by atoms with Crippen molar-refractivity contribution < 1.29 is 17.9 Å². The second kappa shape index (κ2) is 9.70. The molecule has 0 aromatic heterocycles. The number of ether oxygens (including phenoxy) is 1. The molecule has 1 unspecified atom stereocenters. The summed E-state index contributed by atoms with van der Waals surface area (Å²) in [5.74, 6) is 0.285. The molecule has 0 saturated carbocycles. The summed E-state index contributed by atoms with van der Waals surface area (Å²) in [4.78, 5) is 15.0. The van der Waals surface area contributed by atoms with Crippen LogP contribution in [0.4, 0.5) is 5.69 Å². The molecule has 0 spiro atoms. The van der Waals surface area contributed by atoms with Crippen molar-refractivity contribution >= 4 is 21.6 Å². The van der Waals surface area contributed by atoms with Gasteiger partial charge in [0.05, 0.1) is 7.11 Å². The highest BCUT2D eigenvalue weighted by atomic mass is 32.2. The first kappa shape index (κ1) is 23.1. The van der Waals surface area contributed by atoms with Gasteiger partial charge in [-0.05, 0) is 70.0 Å². The van der Waals surface area contributed by atoms with Crippen molar-refractivity contribution in [2.24, 2.45) is 5.92 Å². The van der Waals surface area contributed by atoms with Crippen LogP contribution in [0.3, 0.4) is 0 Å². The van der Waals surface area contributed by atoms with E-state index >= 15 is 0 Å². The molecular weight excluding hydrogens is 414 g/mol. The van der Waals surface area contributed by atoms with E-state index in [1.165, 1.54) is 19.2 Å².